The van der Waals surface area contributed by atoms with Crippen molar-refractivity contribution < 1.29 is 4.79 Å². The van der Waals surface area contributed by atoms with Crippen LogP contribution >= 0.6 is 24.8 Å². The molecule has 0 radical (unpaired) electrons. The Bertz CT molecular complexity index is 527. The van der Waals surface area contributed by atoms with Gasteiger partial charge in [-0.15, -0.1) is 24.8 Å². The molecule has 1 aliphatic rings. The van der Waals surface area contributed by atoms with Crippen molar-refractivity contribution in [3.05, 3.63) is 29.8 Å². The van der Waals surface area contributed by atoms with Crippen molar-refractivity contribution in [3.63, 3.8) is 0 Å². The molecule has 4 nitrogen and oxygen atoms in total. The number of carbonyl (C=O) groups excluding carboxylic acids is 1. The molecule has 0 bridgehead atoms. The lowest BCUT2D eigenvalue weighted by molar-refractivity contribution is 0.0445. The molecular formula is C18H31Cl2N3O. The van der Waals surface area contributed by atoms with Crippen LogP contribution in [0.2, 0.25) is 0 Å². The summed E-state index contributed by atoms with van der Waals surface area (Å²) in [4.78, 5) is 14.8. The highest BCUT2D eigenvalue weighted by Crippen LogP contribution is 2.27. The number of para-hydroxylation sites is 1. The number of piperidine rings is 1. The van der Waals surface area contributed by atoms with E-state index >= 15 is 0 Å². The van der Waals surface area contributed by atoms with Crippen molar-refractivity contribution in [2.75, 3.05) is 25.4 Å². The van der Waals surface area contributed by atoms with Gasteiger partial charge in [0.05, 0.1) is 5.56 Å². The summed E-state index contributed by atoms with van der Waals surface area (Å²) >= 11 is 0. The SMILES string of the molecule is CC1CC(C)CN(C(C)(C)CNC(=O)c2ccccc2N)C1.Cl.Cl. The molecule has 0 aliphatic carbocycles. The quantitative estimate of drug-likeness (QED) is 0.790. The van der Waals surface area contributed by atoms with E-state index < -0.39 is 0 Å². The van der Waals surface area contributed by atoms with Gasteiger partial charge < -0.3 is 11.1 Å². The van der Waals surface area contributed by atoms with E-state index in [4.69, 9.17) is 5.73 Å². The topological polar surface area (TPSA) is 58.4 Å². The van der Waals surface area contributed by atoms with Crippen molar-refractivity contribution in [2.24, 2.45) is 11.8 Å². The third-order valence-electron chi connectivity index (χ3n) is 4.61. The van der Waals surface area contributed by atoms with E-state index in [-0.39, 0.29) is 36.3 Å². The average Bonchev–Trinajstić information content (AvgIpc) is 2.44. The molecule has 1 aliphatic heterocycles. The summed E-state index contributed by atoms with van der Waals surface area (Å²) in [6, 6.07) is 7.20. The fourth-order valence-corrected chi connectivity index (χ4v) is 3.36. The van der Waals surface area contributed by atoms with Crippen LogP contribution in [0.5, 0.6) is 0 Å². The molecule has 0 aromatic heterocycles. The predicted octanol–water partition coefficient (Wildman–Crippen LogP) is 3.60. The lowest BCUT2D eigenvalue weighted by Gasteiger charge is -2.45. The number of halogens is 2. The van der Waals surface area contributed by atoms with Gasteiger partial charge in [-0.2, -0.15) is 0 Å². The van der Waals surface area contributed by atoms with Crippen molar-refractivity contribution in [1.82, 2.24) is 10.2 Å². The van der Waals surface area contributed by atoms with Crippen LogP contribution in [0, 0.1) is 11.8 Å². The van der Waals surface area contributed by atoms with Crippen molar-refractivity contribution in [1.29, 1.82) is 0 Å². The Hall–Kier alpha value is -0.970. The van der Waals surface area contributed by atoms with Gasteiger partial charge in [0.15, 0.2) is 0 Å². The number of likely N-dealkylation sites (tertiary alicyclic amines) is 1. The van der Waals surface area contributed by atoms with Gasteiger partial charge >= 0.3 is 0 Å². The van der Waals surface area contributed by atoms with E-state index in [0.29, 0.717) is 29.6 Å². The Labute approximate surface area is 158 Å². The number of benzene rings is 1. The van der Waals surface area contributed by atoms with Crippen LogP contribution in [0.15, 0.2) is 24.3 Å². The average molecular weight is 376 g/mol. The molecule has 1 saturated heterocycles. The van der Waals surface area contributed by atoms with Gasteiger partial charge in [-0.1, -0.05) is 26.0 Å². The van der Waals surface area contributed by atoms with Gasteiger partial charge in [-0.05, 0) is 44.2 Å². The summed E-state index contributed by atoms with van der Waals surface area (Å²) in [5.41, 5.74) is 6.90. The monoisotopic (exact) mass is 375 g/mol. The van der Waals surface area contributed by atoms with Gasteiger partial charge in [0.1, 0.15) is 0 Å². The number of nitrogens with one attached hydrogen (secondary N) is 1. The molecule has 0 saturated carbocycles. The first-order valence-corrected chi connectivity index (χ1v) is 8.17. The van der Waals surface area contributed by atoms with Crippen LogP contribution in [0.3, 0.4) is 0 Å². The summed E-state index contributed by atoms with van der Waals surface area (Å²) < 4.78 is 0. The molecule has 2 rings (SSSR count). The molecule has 2 unspecified atom stereocenters. The molecule has 1 aromatic carbocycles. The van der Waals surface area contributed by atoms with Crippen LogP contribution in [0.4, 0.5) is 5.69 Å². The van der Waals surface area contributed by atoms with Crippen molar-refractivity contribution >= 4 is 36.4 Å². The second-order valence-corrected chi connectivity index (χ2v) is 7.43. The normalized spacial score (nSPS) is 21.3. The minimum absolute atomic E-state index is 0. The Morgan fingerprint density at radius 2 is 1.75 bits per heavy atom. The zero-order valence-electron chi connectivity index (χ0n) is 15.0. The Balaban J connectivity index is 0.00000264. The first-order chi connectivity index (χ1) is 10.3. The highest BCUT2D eigenvalue weighted by atomic mass is 35.5. The summed E-state index contributed by atoms with van der Waals surface area (Å²) in [5, 5.41) is 3.05. The first kappa shape index (κ1) is 23.0. The summed E-state index contributed by atoms with van der Waals surface area (Å²) in [6.45, 7) is 11.8. The first-order valence-electron chi connectivity index (χ1n) is 8.17. The summed E-state index contributed by atoms with van der Waals surface area (Å²) in [7, 11) is 0. The molecule has 1 fully saturated rings. The van der Waals surface area contributed by atoms with E-state index in [1.165, 1.54) is 6.42 Å². The highest BCUT2D eigenvalue weighted by molar-refractivity contribution is 5.99. The maximum Gasteiger partial charge on any atom is 0.253 e. The van der Waals surface area contributed by atoms with E-state index in [0.717, 1.165) is 13.1 Å². The standard InChI is InChI=1S/C18H29N3O.2ClH/c1-13-9-14(2)11-21(10-13)18(3,4)12-20-17(22)15-7-5-6-8-16(15)19;;/h5-8,13-14H,9-12,19H2,1-4H3,(H,20,22);2*1H. The lowest BCUT2D eigenvalue weighted by Crippen LogP contribution is -2.56. The van der Waals surface area contributed by atoms with E-state index in [1.807, 2.05) is 12.1 Å². The van der Waals surface area contributed by atoms with Crippen LogP contribution in [-0.4, -0.2) is 36.0 Å². The minimum Gasteiger partial charge on any atom is -0.398 e. The van der Waals surface area contributed by atoms with Crippen LogP contribution in [-0.2, 0) is 0 Å². The summed E-state index contributed by atoms with van der Waals surface area (Å²) in [6.07, 6.45) is 1.29. The fraction of sp³-hybridized carbons (Fsp3) is 0.611. The zero-order chi connectivity index (χ0) is 16.3. The Morgan fingerprint density at radius 1 is 1.21 bits per heavy atom. The van der Waals surface area contributed by atoms with Gasteiger partial charge in [0, 0.05) is 30.9 Å². The lowest BCUT2D eigenvalue weighted by atomic mass is 9.88. The maximum absolute atomic E-state index is 12.3. The van der Waals surface area contributed by atoms with E-state index in [1.54, 1.807) is 12.1 Å². The molecule has 3 N–H and O–H groups in total. The number of hydrogen-bond donors (Lipinski definition) is 2. The zero-order valence-corrected chi connectivity index (χ0v) is 16.7. The fourth-order valence-electron chi connectivity index (χ4n) is 3.36. The number of nitrogen functional groups attached to an aromatic ring is 1. The third-order valence-corrected chi connectivity index (χ3v) is 4.61. The number of rotatable bonds is 4. The van der Waals surface area contributed by atoms with Crippen LogP contribution < -0.4 is 11.1 Å². The van der Waals surface area contributed by atoms with Crippen molar-refractivity contribution in [2.45, 2.75) is 39.7 Å². The Kier molecular flexibility index (Phi) is 9.11. The van der Waals surface area contributed by atoms with Crippen LogP contribution in [0.25, 0.3) is 0 Å². The second kappa shape index (κ2) is 9.50. The van der Waals surface area contributed by atoms with Gasteiger partial charge in [-0.3, -0.25) is 9.69 Å². The molecular weight excluding hydrogens is 345 g/mol. The minimum atomic E-state index is -0.0933. The predicted molar refractivity (Wildman–Crippen MR) is 106 cm³/mol. The molecule has 138 valence electrons. The van der Waals surface area contributed by atoms with E-state index in [2.05, 4.69) is 37.9 Å². The third kappa shape index (κ3) is 5.83. The number of hydrogen-bond acceptors (Lipinski definition) is 3. The summed E-state index contributed by atoms with van der Waals surface area (Å²) in [5.74, 6) is 1.33. The smallest absolute Gasteiger partial charge is 0.253 e. The molecule has 6 heteroatoms. The largest absolute Gasteiger partial charge is 0.398 e. The molecule has 1 amide bonds. The molecule has 1 aromatic rings. The number of carbonyl (C=O) groups is 1. The second-order valence-electron chi connectivity index (χ2n) is 7.43. The van der Waals surface area contributed by atoms with Crippen molar-refractivity contribution in [3.8, 4) is 0 Å². The number of anilines is 1. The number of nitrogens with zero attached hydrogens (tertiary/aromatic N) is 1. The molecule has 1 heterocycles. The van der Waals surface area contributed by atoms with E-state index in [9.17, 15) is 4.79 Å². The van der Waals surface area contributed by atoms with Gasteiger partial charge in [-0.25, -0.2) is 0 Å². The highest BCUT2D eigenvalue weighted by Gasteiger charge is 2.33. The van der Waals surface area contributed by atoms with Crippen LogP contribution in [0.1, 0.15) is 44.5 Å². The maximum atomic E-state index is 12.3. The molecule has 24 heavy (non-hydrogen) atoms. The number of amides is 1. The Morgan fingerprint density at radius 3 is 2.29 bits per heavy atom. The number of nitrogens with two attached hydrogens (primary N) is 1. The molecule has 0 spiro atoms. The van der Waals surface area contributed by atoms with Gasteiger partial charge in [0.25, 0.3) is 5.91 Å². The molecule has 2 atom stereocenters. The van der Waals surface area contributed by atoms with Gasteiger partial charge in [0.2, 0.25) is 0 Å².